The highest BCUT2D eigenvalue weighted by atomic mass is 16.4. The van der Waals surface area contributed by atoms with Crippen molar-refractivity contribution >= 4 is 5.97 Å². The molecule has 0 radical (unpaired) electrons. The van der Waals surface area contributed by atoms with E-state index < -0.39 is 5.97 Å². The first-order chi connectivity index (χ1) is 6.06. The summed E-state index contributed by atoms with van der Waals surface area (Å²) in [6, 6.07) is 0. The Bertz CT molecular complexity index is 127. The fourth-order valence-corrected chi connectivity index (χ4v) is 1.24. The van der Waals surface area contributed by atoms with Gasteiger partial charge in [-0.1, -0.05) is 13.8 Å². The van der Waals surface area contributed by atoms with Crippen molar-refractivity contribution in [3.63, 3.8) is 0 Å². The number of carbonyl (C=O) groups is 1. The maximum atomic E-state index is 9.37. The van der Waals surface area contributed by atoms with Gasteiger partial charge in [-0.15, -0.1) is 0 Å². The van der Waals surface area contributed by atoms with Crippen LogP contribution >= 0.6 is 0 Å². The standard InChI is InChI=1S/C7H14O.C3H6O2/c1-6-2-4-7(8)5-3-6;1-2-3(4)5/h6-8H,2-5H2,1H3;2H2,1H3,(H,4,5). The van der Waals surface area contributed by atoms with Crippen LogP contribution in [0.3, 0.4) is 0 Å². The van der Waals surface area contributed by atoms with E-state index >= 15 is 0 Å². The van der Waals surface area contributed by atoms with E-state index in [2.05, 4.69) is 6.92 Å². The highest BCUT2D eigenvalue weighted by molar-refractivity contribution is 5.66. The molecule has 0 saturated heterocycles. The van der Waals surface area contributed by atoms with Gasteiger partial charge in [0, 0.05) is 6.42 Å². The van der Waals surface area contributed by atoms with Gasteiger partial charge in [0.25, 0.3) is 0 Å². The molecule has 1 aliphatic rings. The van der Waals surface area contributed by atoms with Crippen LogP contribution in [0.1, 0.15) is 46.0 Å². The molecule has 3 nitrogen and oxygen atoms in total. The Balaban J connectivity index is 0.000000252. The predicted molar refractivity (Wildman–Crippen MR) is 51.6 cm³/mol. The Hall–Kier alpha value is -0.570. The Morgan fingerprint density at radius 1 is 1.31 bits per heavy atom. The summed E-state index contributed by atoms with van der Waals surface area (Å²) in [5.41, 5.74) is 0. The van der Waals surface area contributed by atoms with Gasteiger partial charge in [-0.25, -0.2) is 0 Å². The molecule has 78 valence electrons. The van der Waals surface area contributed by atoms with Crippen LogP contribution < -0.4 is 0 Å². The number of rotatable bonds is 1. The molecular formula is C10H20O3. The molecule has 0 unspecified atom stereocenters. The zero-order chi connectivity index (χ0) is 10.3. The average Bonchev–Trinajstić information content (AvgIpc) is 2.11. The van der Waals surface area contributed by atoms with Crippen LogP contribution in [-0.2, 0) is 4.79 Å². The summed E-state index contributed by atoms with van der Waals surface area (Å²) in [5.74, 6) is 0.114. The van der Waals surface area contributed by atoms with E-state index in [9.17, 15) is 4.79 Å². The lowest BCUT2D eigenvalue weighted by atomic mass is 9.89. The molecule has 1 rings (SSSR count). The molecule has 2 N–H and O–H groups in total. The highest BCUT2D eigenvalue weighted by Crippen LogP contribution is 2.22. The molecule has 13 heavy (non-hydrogen) atoms. The van der Waals surface area contributed by atoms with Crippen LogP contribution in [0, 0.1) is 5.92 Å². The Labute approximate surface area is 79.8 Å². The van der Waals surface area contributed by atoms with Crippen molar-refractivity contribution in [3.05, 3.63) is 0 Å². The van der Waals surface area contributed by atoms with E-state index in [-0.39, 0.29) is 12.5 Å². The van der Waals surface area contributed by atoms with Crippen LogP contribution in [0.15, 0.2) is 0 Å². The normalized spacial score (nSPS) is 27.3. The first-order valence-corrected chi connectivity index (χ1v) is 4.96. The number of carboxylic acids is 1. The van der Waals surface area contributed by atoms with Gasteiger partial charge >= 0.3 is 5.97 Å². The van der Waals surface area contributed by atoms with Gasteiger partial charge < -0.3 is 10.2 Å². The van der Waals surface area contributed by atoms with Gasteiger partial charge in [0.15, 0.2) is 0 Å². The van der Waals surface area contributed by atoms with Crippen molar-refractivity contribution in [1.82, 2.24) is 0 Å². The minimum Gasteiger partial charge on any atom is -0.481 e. The molecule has 1 saturated carbocycles. The number of aliphatic hydroxyl groups excluding tert-OH is 1. The largest absolute Gasteiger partial charge is 0.481 e. The van der Waals surface area contributed by atoms with Crippen molar-refractivity contribution < 1.29 is 15.0 Å². The van der Waals surface area contributed by atoms with E-state index in [0.717, 1.165) is 18.8 Å². The van der Waals surface area contributed by atoms with Crippen LogP contribution in [0.25, 0.3) is 0 Å². The summed E-state index contributed by atoms with van der Waals surface area (Å²) in [4.78, 5) is 9.37. The van der Waals surface area contributed by atoms with Gasteiger partial charge in [-0.2, -0.15) is 0 Å². The van der Waals surface area contributed by atoms with E-state index in [1.807, 2.05) is 0 Å². The first kappa shape index (κ1) is 12.4. The maximum absolute atomic E-state index is 9.37. The van der Waals surface area contributed by atoms with Gasteiger partial charge in [0.2, 0.25) is 0 Å². The Kier molecular flexibility index (Phi) is 6.59. The lowest BCUT2D eigenvalue weighted by Crippen LogP contribution is -2.15. The zero-order valence-electron chi connectivity index (χ0n) is 8.49. The van der Waals surface area contributed by atoms with Crippen LogP contribution in [0.2, 0.25) is 0 Å². The second-order valence-electron chi connectivity index (χ2n) is 3.66. The molecule has 0 atom stereocenters. The third-order valence-electron chi connectivity index (χ3n) is 2.29. The summed E-state index contributed by atoms with van der Waals surface area (Å²) in [6.45, 7) is 3.86. The molecule has 0 spiro atoms. The van der Waals surface area contributed by atoms with E-state index in [4.69, 9.17) is 10.2 Å². The SMILES string of the molecule is CC1CCC(O)CC1.CCC(=O)O. The van der Waals surface area contributed by atoms with Crippen molar-refractivity contribution in [1.29, 1.82) is 0 Å². The first-order valence-electron chi connectivity index (χ1n) is 4.96. The second-order valence-corrected chi connectivity index (χ2v) is 3.66. The van der Waals surface area contributed by atoms with E-state index in [1.54, 1.807) is 6.92 Å². The summed E-state index contributed by atoms with van der Waals surface area (Å²) in [5, 5.41) is 16.7. The molecule has 0 heterocycles. The summed E-state index contributed by atoms with van der Waals surface area (Å²) in [6.07, 6.45) is 4.75. The quantitative estimate of drug-likeness (QED) is 0.662. The fourth-order valence-electron chi connectivity index (χ4n) is 1.24. The Morgan fingerprint density at radius 2 is 1.69 bits per heavy atom. The van der Waals surface area contributed by atoms with Gasteiger partial charge in [-0.05, 0) is 31.6 Å². The van der Waals surface area contributed by atoms with Crippen molar-refractivity contribution in [2.24, 2.45) is 5.92 Å². The molecule has 0 aromatic carbocycles. The van der Waals surface area contributed by atoms with Crippen molar-refractivity contribution in [3.8, 4) is 0 Å². The van der Waals surface area contributed by atoms with E-state index in [1.165, 1.54) is 12.8 Å². The van der Waals surface area contributed by atoms with Crippen molar-refractivity contribution in [2.45, 2.75) is 52.1 Å². The molecular weight excluding hydrogens is 168 g/mol. The zero-order valence-corrected chi connectivity index (χ0v) is 8.49. The monoisotopic (exact) mass is 188 g/mol. The molecule has 1 aliphatic carbocycles. The van der Waals surface area contributed by atoms with E-state index in [0.29, 0.717) is 0 Å². The molecule has 0 amide bonds. The summed E-state index contributed by atoms with van der Waals surface area (Å²) < 4.78 is 0. The van der Waals surface area contributed by atoms with Crippen LogP contribution in [0.4, 0.5) is 0 Å². The van der Waals surface area contributed by atoms with Crippen LogP contribution in [-0.4, -0.2) is 22.3 Å². The smallest absolute Gasteiger partial charge is 0.303 e. The maximum Gasteiger partial charge on any atom is 0.303 e. The molecule has 3 heteroatoms. The lowest BCUT2D eigenvalue weighted by Gasteiger charge is -2.21. The van der Waals surface area contributed by atoms with Gasteiger partial charge in [-0.3, -0.25) is 4.79 Å². The minimum absolute atomic E-state index is 0.0196. The third-order valence-corrected chi connectivity index (χ3v) is 2.29. The third kappa shape index (κ3) is 7.78. The summed E-state index contributed by atoms with van der Waals surface area (Å²) in [7, 11) is 0. The molecule has 0 bridgehead atoms. The van der Waals surface area contributed by atoms with Gasteiger partial charge in [0.05, 0.1) is 6.10 Å². The number of carboxylic acid groups (broad SMARTS) is 1. The summed E-state index contributed by atoms with van der Waals surface area (Å²) >= 11 is 0. The highest BCUT2D eigenvalue weighted by Gasteiger charge is 2.14. The van der Waals surface area contributed by atoms with Gasteiger partial charge in [0.1, 0.15) is 0 Å². The van der Waals surface area contributed by atoms with Crippen molar-refractivity contribution in [2.75, 3.05) is 0 Å². The Morgan fingerprint density at radius 3 is 1.92 bits per heavy atom. The average molecular weight is 188 g/mol. The second kappa shape index (κ2) is 6.89. The molecule has 0 aliphatic heterocycles. The lowest BCUT2D eigenvalue weighted by molar-refractivity contribution is -0.136. The number of hydrogen-bond acceptors (Lipinski definition) is 2. The number of aliphatic hydroxyl groups is 1. The molecule has 0 aromatic rings. The molecule has 0 aromatic heterocycles. The minimum atomic E-state index is -0.745. The fraction of sp³-hybridized carbons (Fsp3) is 0.900. The molecule has 1 fully saturated rings. The van der Waals surface area contributed by atoms with Crippen LogP contribution in [0.5, 0.6) is 0 Å². The number of aliphatic carboxylic acids is 1. The topological polar surface area (TPSA) is 57.5 Å². The predicted octanol–water partition coefficient (Wildman–Crippen LogP) is 2.04. The number of hydrogen-bond donors (Lipinski definition) is 2.